The van der Waals surface area contributed by atoms with Crippen molar-refractivity contribution in [2.24, 2.45) is 5.73 Å². The van der Waals surface area contributed by atoms with Crippen molar-refractivity contribution in [3.8, 4) is 0 Å². The van der Waals surface area contributed by atoms with E-state index in [1.807, 2.05) is 0 Å². The number of anilines is 1. The molecule has 2 rings (SSSR count). The molecule has 4 nitrogen and oxygen atoms in total. The first-order valence-corrected chi connectivity index (χ1v) is 8.62. The molecule has 1 aromatic heterocycles. The van der Waals surface area contributed by atoms with E-state index in [2.05, 4.69) is 20.7 Å². The standard InChI is InChI=1S/C11H9BrN2O2S3/c12-9-4-5-18-11(9)19(15,16)14-8-3-1-2-7(6-8)10(13)17/h1-6,14H,(H2,13,17). The largest absolute Gasteiger partial charge is 0.389 e. The summed E-state index contributed by atoms with van der Waals surface area (Å²) >= 11 is 9.20. The number of nitrogens with one attached hydrogen (secondary N) is 1. The second-order valence-corrected chi connectivity index (χ2v) is 7.69. The highest BCUT2D eigenvalue weighted by Crippen LogP contribution is 2.29. The highest BCUT2D eigenvalue weighted by atomic mass is 79.9. The lowest BCUT2D eigenvalue weighted by molar-refractivity contribution is 0.603. The molecule has 0 aliphatic rings. The molecule has 0 spiro atoms. The minimum atomic E-state index is -3.61. The van der Waals surface area contributed by atoms with Crippen molar-refractivity contribution in [2.45, 2.75) is 4.21 Å². The number of hydrogen-bond donors (Lipinski definition) is 2. The first-order chi connectivity index (χ1) is 8.90. The normalized spacial score (nSPS) is 11.2. The van der Waals surface area contributed by atoms with Crippen molar-refractivity contribution in [1.82, 2.24) is 0 Å². The average molecular weight is 377 g/mol. The number of halogens is 1. The van der Waals surface area contributed by atoms with Crippen LogP contribution in [0.1, 0.15) is 5.56 Å². The quantitative estimate of drug-likeness (QED) is 0.804. The Kier molecular flexibility index (Phi) is 4.24. The van der Waals surface area contributed by atoms with Crippen molar-refractivity contribution < 1.29 is 8.42 Å². The molecule has 100 valence electrons. The molecule has 1 aromatic carbocycles. The summed E-state index contributed by atoms with van der Waals surface area (Å²) in [5.74, 6) is 0. The summed E-state index contributed by atoms with van der Waals surface area (Å²) in [6.45, 7) is 0. The molecular formula is C11H9BrN2O2S3. The minimum absolute atomic E-state index is 0.221. The smallest absolute Gasteiger partial charge is 0.272 e. The molecule has 8 heteroatoms. The van der Waals surface area contributed by atoms with Crippen LogP contribution in [0, 0.1) is 0 Å². The molecule has 0 fully saturated rings. The van der Waals surface area contributed by atoms with Gasteiger partial charge >= 0.3 is 0 Å². The highest BCUT2D eigenvalue weighted by molar-refractivity contribution is 9.10. The maximum Gasteiger partial charge on any atom is 0.272 e. The van der Waals surface area contributed by atoms with Crippen molar-refractivity contribution in [3.63, 3.8) is 0 Å². The van der Waals surface area contributed by atoms with Crippen LogP contribution in [0.25, 0.3) is 0 Å². The lowest BCUT2D eigenvalue weighted by atomic mass is 10.2. The fraction of sp³-hybridized carbons (Fsp3) is 0. The van der Waals surface area contributed by atoms with Crippen molar-refractivity contribution in [1.29, 1.82) is 0 Å². The Morgan fingerprint density at radius 1 is 1.37 bits per heavy atom. The van der Waals surface area contributed by atoms with E-state index in [9.17, 15) is 8.42 Å². The van der Waals surface area contributed by atoms with E-state index in [0.29, 0.717) is 15.7 Å². The Morgan fingerprint density at radius 3 is 2.68 bits per heavy atom. The molecule has 0 radical (unpaired) electrons. The number of thiophene rings is 1. The second-order valence-electron chi connectivity index (χ2n) is 3.61. The van der Waals surface area contributed by atoms with Crippen LogP contribution in [0.4, 0.5) is 5.69 Å². The molecule has 0 saturated heterocycles. The van der Waals surface area contributed by atoms with Crippen LogP contribution in [-0.2, 0) is 10.0 Å². The van der Waals surface area contributed by atoms with Crippen LogP contribution in [0.3, 0.4) is 0 Å². The summed E-state index contributed by atoms with van der Waals surface area (Å²) in [5.41, 5.74) is 6.55. The number of sulfonamides is 1. The second kappa shape index (κ2) is 5.58. The number of benzene rings is 1. The summed E-state index contributed by atoms with van der Waals surface area (Å²) in [6, 6.07) is 8.34. The van der Waals surface area contributed by atoms with E-state index in [1.54, 1.807) is 35.7 Å². The van der Waals surface area contributed by atoms with Crippen LogP contribution in [-0.4, -0.2) is 13.4 Å². The SMILES string of the molecule is NC(=S)c1cccc(NS(=O)(=O)c2sccc2Br)c1. The molecule has 0 saturated carbocycles. The maximum absolute atomic E-state index is 12.2. The number of hydrogen-bond acceptors (Lipinski definition) is 4. The van der Waals surface area contributed by atoms with Gasteiger partial charge in [-0.2, -0.15) is 0 Å². The molecule has 0 aliphatic carbocycles. The first-order valence-electron chi connectivity index (χ1n) is 5.06. The first kappa shape index (κ1) is 14.4. The van der Waals surface area contributed by atoms with Gasteiger partial charge in [0.1, 0.15) is 4.99 Å². The average Bonchev–Trinajstić information content (AvgIpc) is 2.76. The van der Waals surface area contributed by atoms with Gasteiger partial charge in [0.2, 0.25) is 0 Å². The monoisotopic (exact) mass is 376 g/mol. The summed E-state index contributed by atoms with van der Waals surface area (Å²) in [6.07, 6.45) is 0. The van der Waals surface area contributed by atoms with E-state index in [0.717, 1.165) is 11.3 Å². The van der Waals surface area contributed by atoms with Crippen LogP contribution >= 0.6 is 39.5 Å². The molecule has 0 bridgehead atoms. The van der Waals surface area contributed by atoms with Crippen LogP contribution in [0.2, 0.25) is 0 Å². The molecule has 2 aromatic rings. The topological polar surface area (TPSA) is 72.2 Å². The summed E-state index contributed by atoms with van der Waals surface area (Å²) in [7, 11) is -3.61. The van der Waals surface area contributed by atoms with Gasteiger partial charge in [0.25, 0.3) is 10.0 Å². The van der Waals surface area contributed by atoms with Crippen LogP contribution < -0.4 is 10.5 Å². The zero-order valence-electron chi connectivity index (χ0n) is 9.46. The molecule has 0 amide bonds. The molecule has 1 heterocycles. The molecular weight excluding hydrogens is 368 g/mol. The van der Waals surface area contributed by atoms with Crippen molar-refractivity contribution in [2.75, 3.05) is 4.72 Å². The molecule has 19 heavy (non-hydrogen) atoms. The lowest BCUT2D eigenvalue weighted by Crippen LogP contribution is -2.14. The van der Waals surface area contributed by atoms with E-state index in [-0.39, 0.29) is 9.20 Å². The third kappa shape index (κ3) is 3.33. The molecule has 3 N–H and O–H groups in total. The Balaban J connectivity index is 2.34. The number of rotatable bonds is 4. The van der Waals surface area contributed by atoms with E-state index in [1.165, 1.54) is 0 Å². The molecule has 0 aliphatic heterocycles. The fourth-order valence-electron chi connectivity index (χ4n) is 1.41. The van der Waals surface area contributed by atoms with Gasteiger partial charge in [-0.25, -0.2) is 8.42 Å². The van der Waals surface area contributed by atoms with E-state index in [4.69, 9.17) is 18.0 Å². The fourth-order valence-corrected chi connectivity index (χ4v) is 4.92. The predicted octanol–water partition coefficient (Wildman–Crippen LogP) is 2.95. The lowest BCUT2D eigenvalue weighted by Gasteiger charge is -2.08. The van der Waals surface area contributed by atoms with Crippen molar-refractivity contribution in [3.05, 3.63) is 45.7 Å². The van der Waals surface area contributed by atoms with Gasteiger partial charge in [-0.1, -0.05) is 24.4 Å². The summed E-state index contributed by atoms with van der Waals surface area (Å²) in [4.78, 5) is 0.221. The highest BCUT2D eigenvalue weighted by Gasteiger charge is 2.19. The van der Waals surface area contributed by atoms with E-state index >= 15 is 0 Å². The molecule has 0 unspecified atom stereocenters. The van der Waals surface area contributed by atoms with Gasteiger partial charge < -0.3 is 5.73 Å². The number of nitrogens with two attached hydrogens (primary N) is 1. The van der Waals surface area contributed by atoms with Crippen LogP contribution in [0.15, 0.2) is 44.4 Å². The number of thiocarbonyl (C=S) groups is 1. The summed E-state index contributed by atoms with van der Waals surface area (Å²) < 4.78 is 27.6. The van der Waals surface area contributed by atoms with Gasteiger partial charge in [0, 0.05) is 15.7 Å². The zero-order chi connectivity index (χ0) is 14.0. The summed E-state index contributed by atoms with van der Waals surface area (Å²) in [5, 5.41) is 1.70. The Hall–Kier alpha value is -0.960. The van der Waals surface area contributed by atoms with Gasteiger partial charge in [0.15, 0.2) is 4.21 Å². The van der Waals surface area contributed by atoms with Gasteiger partial charge in [-0.05, 0) is 39.5 Å². The zero-order valence-corrected chi connectivity index (χ0v) is 13.5. The molecule has 0 atom stereocenters. The Labute approximate surface area is 128 Å². The van der Waals surface area contributed by atoms with E-state index < -0.39 is 10.0 Å². The van der Waals surface area contributed by atoms with Gasteiger partial charge in [0.05, 0.1) is 0 Å². The maximum atomic E-state index is 12.2. The minimum Gasteiger partial charge on any atom is -0.389 e. The third-order valence-electron chi connectivity index (χ3n) is 2.23. The Bertz CT molecular complexity index is 725. The van der Waals surface area contributed by atoms with Gasteiger partial charge in [-0.3, -0.25) is 4.72 Å². The Morgan fingerprint density at radius 2 is 2.11 bits per heavy atom. The third-order valence-corrected chi connectivity index (χ3v) is 6.51. The van der Waals surface area contributed by atoms with Gasteiger partial charge in [-0.15, -0.1) is 11.3 Å². The van der Waals surface area contributed by atoms with Crippen LogP contribution in [0.5, 0.6) is 0 Å². The van der Waals surface area contributed by atoms with Crippen molar-refractivity contribution >= 4 is 60.2 Å². The predicted molar refractivity (Wildman–Crippen MR) is 85.2 cm³/mol.